The Bertz CT molecular complexity index is 2880. The highest BCUT2D eigenvalue weighted by atomic mass is 32.1. The van der Waals surface area contributed by atoms with Gasteiger partial charge >= 0.3 is 0 Å². The Morgan fingerprint density at radius 1 is 0.522 bits per heavy atom. The summed E-state index contributed by atoms with van der Waals surface area (Å²) in [5.41, 5.74) is 11.4. The van der Waals surface area contributed by atoms with Crippen LogP contribution in [0.3, 0.4) is 0 Å². The van der Waals surface area contributed by atoms with Crippen LogP contribution < -0.4 is 0 Å². The lowest BCUT2D eigenvalue weighted by molar-refractivity contribution is 0.616. The molecule has 0 spiro atoms. The minimum atomic E-state index is 0.923. The molecule has 10 aromatic rings. The van der Waals surface area contributed by atoms with E-state index in [4.69, 9.17) is 8.83 Å². The third kappa shape index (κ3) is 3.21. The number of hydrogen-bond acceptors (Lipinski definition) is 3. The number of benzene rings is 6. The zero-order valence-electron chi connectivity index (χ0n) is 24.7. The number of fused-ring (bicyclic) bond motifs is 13. The van der Waals surface area contributed by atoms with Crippen LogP contribution in [0.1, 0.15) is 11.1 Å². The number of furan rings is 2. The minimum absolute atomic E-state index is 0.923. The fraction of sp³-hybridized carbons (Fsp3) is 0.0476. The molecule has 4 aromatic heterocycles. The van der Waals surface area contributed by atoms with E-state index < -0.39 is 0 Å². The summed E-state index contributed by atoms with van der Waals surface area (Å²) in [5.74, 6) is 1.01. The Labute approximate surface area is 267 Å². The van der Waals surface area contributed by atoms with Crippen LogP contribution in [0.2, 0.25) is 0 Å². The smallest absolute Gasteiger partial charge is 0.155 e. The van der Waals surface area contributed by atoms with Gasteiger partial charge in [0.25, 0.3) is 0 Å². The zero-order valence-corrected chi connectivity index (χ0v) is 25.5. The molecule has 11 rings (SSSR count). The van der Waals surface area contributed by atoms with Crippen LogP contribution in [0, 0.1) is 0 Å². The molecule has 216 valence electrons. The number of thiophene rings is 1. The van der Waals surface area contributed by atoms with Crippen molar-refractivity contribution in [1.29, 1.82) is 0 Å². The topological polar surface area (TPSA) is 31.2 Å². The summed E-state index contributed by atoms with van der Waals surface area (Å²) in [6.45, 7) is 0. The van der Waals surface area contributed by atoms with E-state index in [2.05, 4.69) is 126 Å². The molecule has 4 heteroatoms. The molecule has 3 nitrogen and oxygen atoms in total. The molecule has 0 radical (unpaired) electrons. The van der Waals surface area contributed by atoms with E-state index in [0.29, 0.717) is 0 Å². The second kappa shape index (κ2) is 9.00. The van der Waals surface area contributed by atoms with Crippen molar-refractivity contribution in [3.63, 3.8) is 0 Å². The third-order valence-electron chi connectivity index (χ3n) is 9.95. The highest BCUT2D eigenvalue weighted by molar-refractivity contribution is 7.26. The molecule has 0 aliphatic heterocycles. The van der Waals surface area contributed by atoms with Crippen molar-refractivity contribution in [2.75, 3.05) is 0 Å². The zero-order chi connectivity index (χ0) is 29.9. The fourth-order valence-electron chi connectivity index (χ4n) is 7.99. The van der Waals surface area contributed by atoms with Crippen LogP contribution in [-0.2, 0) is 12.8 Å². The van der Waals surface area contributed by atoms with Gasteiger partial charge in [-0.25, -0.2) is 0 Å². The van der Waals surface area contributed by atoms with E-state index in [9.17, 15) is 0 Å². The maximum absolute atomic E-state index is 6.64. The van der Waals surface area contributed by atoms with Gasteiger partial charge in [0.05, 0.1) is 11.2 Å². The van der Waals surface area contributed by atoms with Crippen LogP contribution in [0.15, 0.2) is 136 Å². The summed E-state index contributed by atoms with van der Waals surface area (Å²) < 4.78 is 18.1. The van der Waals surface area contributed by atoms with Gasteiger partial charge in [-0.2, -0.15) is 0 Å². The minimum Gasteiger partial charge on any atom is -0.455 e. The highest BCUT2D eigenvalue weighted by Gasteiger charge is 2.30. The molecule has 0 N–H and O–H groups in total. The summed E-state index contributed by atoms with van der Waals surface area (Å²) in [6.07, 6.45) is 1.99. The van der Waals surface area contributed by atoms with E-state index in [1.165, 1.54) is 58.8 Å². The molecule has 1 aliphatic rings. The molecule has 0 bridgehead atoms. The first-order chi connectivity index (χ1) is 22.8. The predicted molar refractivity (Wildman–Crippen MR) is 191 cm³/mol. The largest absolute Gasteiger partial charge is 0.455 e. The van der Waals surface area contributed by atoms with Gasteiger partial charge in [0.2, 0.25) is 0 Å². The summed E-state index contributed by atoms with van der Waals surface area (Å²) in [6, 6.07) is 45.7. The molecule has 1 aliphatic carbocycles. The van der Waals surface area contributed by atoms with Crippen molar-refractivity contribution >= 4 is 75.3 Å². The van der Waals surface area contributed by atoms with Crippen molar-refractivity contribution in [3.8, 4) is 28.3 Å². The van der Waals surface area contributed by atoms with E-state index >= 15 is 0 Å². The Morgan fingerprint density at radius 3 is 2.15 bits per heavy atom. The third-order valence-corrected chi connectivity index (χ3v) is 11.1. The fourth-order valence-corrected chi connectivity index (χ4v) is 9.16. The van der Waals surface area contributed by atoms with E-state index in [0.717, 1.165) is 57.4 Å². The summed E-state index contributed by atoms with van der Waals surface area (Å²) in [7, 11) is 0. The Kier molecular flexibility index (Phi) is 4.83. The van der Waals surface area contributed by atoms with E-state index in [-0.39, 0.29) is 0 Å². The van der Waals surface area contributed by atoms with Gasteiger partial charge in [-0.05, 0) is 60.4 Å². The highest BCUT2D eigenvalue weighted by Crippen LogP contribution is 2.47. The van der Waals surface area contributed by atoms with Crippen LogP contribution in [0.4, 0.5) is 0 Å². The summed E-state index contributed by atoms with van der Waals surface area (Å²) >= 11 is 1.86. The van der Waals surface area contributed by atoms with E-state index in [1.807, 2.05) is 17.4 Å². The van der Waals surface area contributed by atoms with Crippen molar-refractivity contribution in [2.24, 2.45) is 0 Å². The lowest BCUT2D eigenvalue weighted by atomic mass is 9.92. The maximum Gasteiger partial charge on any atom is 0.155 e. The number of para-hydroxylation sites is 4. The van der Waals surface area contributed by atoms with Crippen molar-refractivity contribution < 1.29 is 8.83 Å². The second-order valence-corrected chi connectivity index (χ2v) is 13.4. The first kappa shape index (κ1) is 24.7. The molecule has 0 atom stereocenters. The first-order valence-corrected chi connectivity index (χ1v) is 16.6. The van der Waals surface area contributed by atoms with Gasteiger partial charge in [-0.15, -0.1) is 11.3 Å². The molecule has 46 heavy (non-hydrogen) atoms. The van der Waals surface area contributed by atoms with E-state index in [1.54, 1.807) is 0 Å². The predicted octanol–water partition coefficient (Wildman–Crippen LogP) is 12.1. The number of aryl methyl sites for hydroxylation is 2. The molecule has 6 aromatic carbocycles. The Balaban J connectivity index is 1.16. The molecular weight excluding hydrogens is 583 g/mol. The second-order valence-electron chi connectivity index (χ2n) is 12.3. The van der Waals surface area contributed by atoms with Gasteiger partial charge in [0.15, 0.2) is 5.76 Å². The molecule has 4 heterocycles. The molecule has 0 unspecified atom stereocenters. The summed E-state index contributed by atoms with van der Waals surface area (Å²) in [5, 5.41) is 7.39. The molecule has 0 amide bonds. The molecule has 0 saturated carbocycles. The van der Waals surface area contributed by atoms with Crippen molar-refractivity contribution in [1.82, 2.24) is 4.57 Å². The standard InChI is InChI=1S/C42H25NO2S/c1-4-15-34-25(9-1)29-21-22-32-27-11-3-6-17-36(27)45-42(32)40(29)43(34)24-19-20-33-38(23-24)46-37-18-8-12-28(39(33)37)31-14-7-13-30-26-10-2-5-16-35(26)44-41(30)31/h1-20,23H,21-22H2. The van der Waals surface area contributed by atoms with Crippen LogP contribution in [-0.4, -0.2) is 4.57 Å². The number of rotatable bonds is 2. The van der Waals surface area contributed by atoms with Crippen LogP contribution in [0.25, 0.3) is 92.3 Å². The monoisotopic (exact) mass is 607 g/mol. The normalized spacial score (nSPS) is 13.0. The van der Waals surface area contributed by atoms with Crippen LogP contribution >= 0.6 is 11.3 Å². The number of aromatic nitrogens is 1. The number of nitrogens with zero attached hydrogens (tertiary/aromatic N) is 1. The average molecular weight is 608 g/mol. The average Bonchev–Trinajstić information content (AvgIpc) is 3.86. The van der Waals surface area contributed by atoms with Gasteiger partial charge in [0, 0.05) is 58.5 Å². The molecule has 0 saturated heterocycles. The Hall–Kier alpha value is -5.58. The lowest BCUT2D eigenvalue weighted by Crippen LogP contribution is -2.05. The van der Waals surface area contributed by atoms with Gasteiger partial charge in [-0.1, -0.05) is 91.0 Å². The SMILES string of the molecule is c1ccc2c3c(oc2c1)-c1c(c2ccccc2n1-c1ccc2c(c1)sc1cccc(-c4cccc5c4oc4ccccc45)c12)CC3. The quantitative estimate of drug-likeness (QED) is 0.196. The van der Waals surface area contributed by atoms with Crippen molar-refractivity contribution in [3.05, 3.63) is 139 Å². The Morgan fingerprint density at radius 2 is 1.24 bits per heavy atom. The molecule has 0 fully saturated rings. The lowest BCUT2D eigenvalue weighted by Gasteiger charge is -2.16. The summed E-state index contributed by atoms with van der Waals surface area (Å²) in [4.78, 5) is 0. The van der Waals surface area contributed by atoms with Gasteiger partial charge in [-0.3, -0.25) is 0 Å². The number of hydrogen-bond donors (Lipinski definition) is 0. The van der Waals surface area contributed by atoms with Gasteiger partial charge in [0.1, 0.15) is 16.7 Å². The maximum atomic E-state index is 6.64. The molecular formula is C42H25NO2S. The van der Waals surface area contributed by atoms with Crippen molar-refractivity contribution in [2.45, 2.75) is 12.8 Å². The van der Waals surface area contributed by atoms with Gasteiger partial charge < -0.3 is 13.4 Å². The van der Waals surface area contributed by atoms with Crippen LogP contribution in [0.5, 0.6) is 0 Å². The first-order valence-electron chi connectivity index (χ1n) is 15.8.